The highest BCUT2D eigenvalue weighted by Crippen LogP contribution is 2.23. The van der Waals surface area contributed by atoms with Gasteiger partial charge in [-0.2, -0.15) is 4.98 Å². The Hall–Kier alpha value is -2.66. The molecule has 0 spiro atoms. The predicted molar refractivity (Wildman–Crippen MR) is 88.0 cm³/mol. The number of aromatic nitrogens is 4. The number of H-pyrrole nitrogens is 1. The van der Waals surface area contributed by atoms with Crippen LogP contribution in [0.25, 0.3) is 21.9 Å². The molecule has 6 heteroatoms. The molecule has 0 amide bonds. The number of nitrogens with zero attached hydrogens (tertiary/aromatic N) is 3. The van der Waals surface area contributed by atoms with Crippen molar-refractivity contribution in [3.63, 3.8) is 0 Å². The summed E-state index contributed by atoms with van der Waals surface area (Å²) in [6.07, 6.45) is 3.62. The maximum atomic E-state index is 5.97. The zero-order valence-electron chi connectivity index (χ0n) is 11.5. The van der Waals surface area contributed by atoms with Crippen LogP contribution in [0, 0.1) is 0 Å². The minimum absolute atomic E-state index is 0.219. The standard InChI is InChI=1S/C16H12ClN5/c17-16-21-14-12(6-8-19-14)15(22-16)20-9-10-3-1-5-13-11(10)4-2-7-18-13/h1-8H,9H2,(H2,19,20,21,22). The van der Waals surface area contributed by atoms with Gasteiger partial charge in [-0.3, -0.25) is 4.98 Å². The molecular formula is C16H12ClN5. The van der Waals surface area contributed by atoms with E-state index in [4.69, 9.17) is 11.6 Å². The summed E-state index contributed by atoms with van der Waals surface area (Å²) in [4.78, 5) is 15.8. The lowest BCUT2D eigenvalue weighted by Gasteiger charge is -2.09. The number of rotatable bonds is 3. The smallest absolute Gasteiger partial charge is 0.226 e. The fraction of sp³-hybridized carbons (Fsp3) is 0.0625. The van der Waals surface area contributed by atoms with Crippen molar-refractivity contribution in [2.45, 2.75) is 6.54 Å². The van der Waals surface area contributed by atoms with Crippen LogP contribution < -0.4 is 5.32 Å². The Morgan fingerprint density at radius 1 is 1.05 bits per heavy atom. The molecule has 4 aromatic rings. The van der Waals surface area contributed by atoms with Crippen LogP contribution in [0.5, 0.6) is 0 Å². The van der Waals surface area contributed by atoms with E-state index in [1.807, 2.05) is 30.5 Å². The molecule has 0 atom stereocenters. The minimum Gasteiger partial charge on any atom is -0.365 e. The number of halogens is 1. The lowest BCUT2D eigenvalue weighted by atomic mass is 10.1. The molecule has 0 aliphatic carbocycles. The lowest BCUT2D eigenvalue weighted by Crippen LogP contribution is -2.03. The maximum absolute atomic E-state index is 5.97. The third kappa shape index (κ3) is 2.25. The molecule has 5 nitrogen and oxygen atoms in total. The molecule has 3 heterocycles. The average Bonchev–Trinajstić information content (AvgIpc) is 3.00. The van der Waals surface area contributed by atoms with Crippen molar-refractivity contribution in [1.29, 1.82) is 0 Å². The Kier molecular flexibility index (Phi) is 3.12. The van der Waals surface area contributed by atoms with E-state index in [1.165, 1.54) is 0 Å². The summed E-state index contributed by atoms with van der Waals surface area (Å²) >= 11 is 5.97. The molecule has 22 heavy (non-hydrogen) atoms. The van der Waals surface area contributed by atoms with Crippen LogP contribution in [0.3, 0.4) is 0 Å². The molecule has 0 aliphatic rings. The molecule has 0 bridgehead atoms. The van der Waals surface area contributed by atoms with Gasteiger partial charge in [0.1, 0.15) is 11.5 Å². The molecule has 0 saturated carbocycles. The van der Waals surface area contributed by atoms with Crippen LogP contribution >= 0.6 is 11.6 Å². The first-order valence-electron chi connectivity index (χ1n) is 6.88. The number of hydrogen-bond donors (Lipinski definition) is 2. The van der Waals surface area contributed by atoms with E-state index in [-0.39, 0.29) is 5.28 Å². The molecule has 3 aromatic heterocycles. The summed E-state index contributed by atoms with van der Waals surface area (Å²) in [7, 11) is 0. The Morgan fingerprint density at radius 2 is 2.00 bits per heavy atom. The van der Waals surface area contributed by atoms with Crippen LogP contribution in [0.1, 0.15) is 5.56 Å². The number of fused-ring (bicyclic) bond motifs is 2. The zero-order chi connectivity index (χ0) is 14.9. The second-order valence-corrected chi connectivity index (χ2v) is 5.26. The zero-order valence-corrected chi connectivity index (χ0v) is 12.3. The second kappa shape index (κ2) is 5.27. The van der Waals surface area contributed by atoms with Crippen molar-refractivity contribution in [1.82, 2.24) is 19.9 Å². The van der Waals surface area contributed by atoms with Crippen molar-refractivity contribution in [3.05, 3.63) is 59.6 Å². The maximum Gasteiger partial charge on any atom is 0.226 e. The molecule has 0 saturated heterocycles. The first-order chi connectivity index (χ1) is 10.8. The van der Waals surface area contributed by atoms with Crippen LogP contribution in [0.4, 0.5) is 5.82 Å². The van der Waals surface area contributed by atoms with E-state index in [2.05, 4.69) is 37.4 Å². The number of benzene rings is 1. The van der Waals surface area contributed by atoms with Gasteiger partial charge in [0.25, 0.3) is 0 Å². The van der Waals surface area contributed by atoms with Crippen LogP contribution in [0.2, 0.25) is 5.28 Å². The van der Waals surface area contributed by atoms with E-state index in [1.54, 1.807) is 6.20 Å². The van der Waals surface area contributed by atoms with Gasteiger partial charge in [-0.15, -0.1) is 0 Å². The van der Waals surface area contributed by atoms with Crippen molar-refractivity contribution < 1.29 is 0 Å². The topological polar surface area (TPSA) is 66.5 Å². The fourth-order valence-electron chi connectivity index (χ4n) is 2.55. The Labute approximate surface area is 131 Å². The lowest BCUT2D eigenvalue weighted by molar-refractivity contribution is 1.11. The van der Waals surface area contributed by atoms with Gasteiger partial charge in [-0.05, 0) is 35.4 Å². The van der Waals surface area contributed by atoms with Crippen LogP contribution in [0.15, 0.2) is 48.8 Å². The Bertz CT molecular complexity index is 958. The number of pyridine rings is 1. The van der Waals surface area contributed by atoms with Crippen molar-refractivity contribution in [2.24, 2.45) is 0 Å². The predicted octanol–water partition coefficient (Wildman–Crippen LogP) is 3.77. The SMILES string of the molecule is Clc1nc(NCc2cccc3ncccc23)c2cc[nH]c2n1. The second-order valence-electron chi connectivity index (χ2n) is 4.92. The third-order valence-corrected chi connectivity index (χ3v) is 3.74. The molecule has 0 unspecified atom stereocenters. The van der Waals surface area contributed by atoms with Gasteiger partial charge >= 0.3 is 0 Å². The number of hydrogen-bond acceptors (Lipinski definition) is 4. The fourth-order valence-corrected chi connectivity index (χ4v) is 2.72. The van der Waals surface area contributed by atoms with E-state index in [0.29, 0.717) is 6.54 Å². The molecule has 0 radical (unpaired) electrons. The highest BCUT2D eigenvalue weighted by Gasteiger charge is 2.08. The molecule has 2 N–H and O–H groups in total. The highest BCUT2D eigenvalue weighted by atomic mass is 35.5. The Balaban J connectivity index is 1.70. The van der Waals surface area contributed by atoms with E-state index in [0.717, 1.165) is 33.3 Å². The van der Waals surface area contributed by atoms with Crippen molar-refractivity contribution >= 4 is 39.4 Å². The van der Waals surface area contributed by atoms with Crippen LogP contribution in [-0.4, -0.2) is 19.9 Å². The molecule has 1 aromatic carbocycles. The van der Waals surface area contributed by atoms with Gasteiger partial charge in [-0.1, -0.05) is 18.2 Å². The largest absolute Gasteiger partial charge is 0.365 e. The third-order valence-electron chi connectivity index (χ3n) is 3.57. The van der Waals surface area contributed by atoms with E-state index >= 15 is 0 Å². The first kappa shape index (κ1) is 13.0. The molecule has 4 rings (SSSR count). The summed E-state index contributed by atoms with van der Waals surface area (Å²) in [6, 6.07) is 12.0. The van der Waals surface area contributed by atoms with Gasteiger partial charge < -0.3 is 10.3 Å². The van der Waals surface area contributed by atoms with Gasteiger partial charge in [0.05, 0.1) is 10.9 Å². The minimum atomic E-state index is 0.219. The molecular weight excluding hydrogens is 298 g/mol. The molecule has 108 valence electrons. The van der Waals surface area contributed by atoms with Gasteiger partial charge in [0, 0.05) is 24.3 Å². The van der Waals surface area contributed by atoms with Crippen molar-refractivity contribution in [3.8, 4) is 0 Å². The Morgan fingerprint density at radius 3 is 2.95 bits per heavy atom. The first-order valence-corrected chi connectivity index (χ1v) is 7.26. The van der Waals surface area contributed by atoms with E-state index < -0.39 is 0 Å². The number of anilines is 1. The molecule has 0 aliphatic heterocycles. The summed E-state index contributed by atoms with van der Waals surface area (Å²) in [6.45, 7) is 0.636. The van der Waals surface area contributed by atoms with Gasteiger partial charge in [0.2, 0.25) is 5.28 Å². The normalized spacial score (nSPS) is 11.1. The quantitative estimate of drug-likeness (QED) is 0.565. The number of nitrogens with one attached hydrogen (secondary N) is 2. The highest BCUT2D eigenvalue weighted by molar-refractivity contribution is 6.28. The summed E-state index contributed by atoms with van der Waals surface area (Å²) < 4.78 is 0. The molecule has 0 fully saturated rings. The summed E-state index contributed by atoms with van der Waals surface area (Å²) in [5.41, 5.74) is 2.86. The van der Waals surface area contributed by atoms with Gasteiger partial charge in [0.15, 0.2) is 0 Å². The van der Waals surface area contributed by atoms with Gasteiger partial charge in [-0.25, -0.2) is 4.98 Å². The van der Waals surface area contributed by atoms with E-state index in [9.17, 15) is 0 Å². The average molecular weight is 310 g/mol. The number of aromatic amines is 1. The summed E-state index contributed by atoms with van der Waals surface area (Å²) in [5.74, 6) is 0.720. The monoisotopic (exact) mass is 309 g/mol. The van der Waals surface area contributed by atoms with Crippen molar-refractivity contribution in [2.75, 3.05) is 5.32 Å². The summed E-state index contributed by atoms with van der Waals surface area (Å²) in [5, 5.41) is 5.61. The van der Waals surface area contributed by atoms with Crippen LogP contribution in [-0.2, 0) is 6.54 Å².